The molecule has 0 aromatic heterocycles. The first-order chi connectivity index (χ1) is 7.04. The van der Waals surface area contributed by atoms with Crippen LogP contribution in [0.15, 0.2) is 23.1 Å². The summed E-state index contributed by atoms with van der Waals surface area (Å²) in [5, 5.41) is 0. The van der Waals surface area contributed by atoms with Crippen LogP contribution >= 0.6 is 11.8 Å². The molecule has 1 nitrogen and oxygen atoms in total. The van der Waals surface area contributed by atoms with E-state index in [-0.39, 0.29) is 12.5 Å². The Morgan fingerprint density at radius 3 is 2.73 bits per heavy atom. The van der Waals surface area contributed by atoms with Crippen molar-refractivity contribution in [3.8, 4) is 0 Å². The lowest BCUT2D eigenvalue weighted by Gasteiger charge is -2.15. The first-order valence-electron chi connectivity index (χ1n) is 4.57. The molecule has 1 aromatic rings. The predicted octanol–water partition coefficient (Wildman–Crippen LogP) is 2.85. The maximum Gasteiger partial charge on any atom is 0.416 e. The van der Waals surface area contributed by atoms with E-state index in [1.165, 1.54) is 17.8 Å². The minimum absolute atomic E-state index is 0.164. The van der Waals surface area contributed by atoms with Crippen molar-refractivity contribution in [1.82, 2.24) is 0 Å². The van der Waals surface area contributed by atoms with Crippen LogP contribution in [0.1, 0.15) is 17.0 Å². The first-order valence-corrected chi connectivity index (χ1v) is 5.55. The zero-order valence-corrected chi connectivity index (χ0v) is 8.66. The number of rotatable bonds is 1. The molecule has 0 saturated heterocycles. The Hall–Kier alpha value is -0.680. The molecule has 0 fully saturated rings. The van der Waals surface area contributed by atoms with Gasteiger partial charge in [0.15, 0.2) is 0 Å². The van der Waals surface area contributed by atoms with E-state index < -0.39 is 11.7 Å². The van der Waals surface area contributed by atoms with Crippen molar-refractivity contribution in [1.29, 1.82) is 0 Å². The fourth-order valence-corrected chi connectivity index (χ4v) is 3.09. The number of thioether (sulfide) groups is 1. The summed E-state index contributed by atoms with van der Waals surface area (Å²) in [4.78, 5) is 0.722. The van der Waals surface area contributed by atoms with Crippen LogP contribution in [0.4, 0.5) is 13.2 Å². The highest BCUT2D eigenvalue weighted by molar-refractivity contribution is 7.99. The van der Waals surface area contributed by atoms with Crippen LogP contribution < -0.4 is 5.73 Å². The Morgan fingerprint density at radius 2 is 2.13 bits per heavy atom. The second-order valence-electron chi connectivity index (χ2n) is 3.46. The van der Waals surface area contributed by atoms with Gasteiger partial charge in [0, 0.05) is 23.1 Å². The highest BCUT2D eigenvalue weighted by atomic mass is 32.2. The largest absolute Gasteiger partial charge is 0.416 e. The van der Waals surface area contributed by atoms with E-state index >= 15 is 0 Å². The summed E-state index contributed by atoms with van der Waals surface area (Å²) in [5.41, 5.74) is 5.34. The van der Waals surface area contributed by atoms with Crippen LogP contribution in [0, 0.1) is 0 Å². The van der Waals surface area contributed by atoms with E-state index in [4.69, 9.17) is 5.73 Å². The highest BCUT2D eigenvalue weighted by Gasteiger charge is 2.38. The van der Waals surface area contributed by atoms with Gasteiger partial charge in [0.05, 0.1) is 5.56 Å². The van der Waals surface area contributed by atoms with Crippen LogP contribution in [-0.4, -0.2) is 12.3 Å². The van der Waals surface area contributed by atoms with Crippen LogP contribution in [-0.2, 0) is 6.18 Å². The molecule has 1 aromatic carbocycles. The Kier molecular flexibility index (Phi) is 2.68. The summed E-state index contributed by atoms with van der Waals surface area (Å²) >= 11 is 1.45. The molecule has 5 heteroatoms. The van der Waals surface area contributed by atoms with Crippen molar-refractivity contribution in [2.45, 2.75) is 17.0 Å². The zero-order valence-electron chi connectivity index (χ0n) is 7.84. The van der Waals surface area contributed by atoms with Gasteiger partial charge in [0.25, 0.3) is 0 Å². The molecule has 2 N–H and O–H groups in total. The molecule has 0 bridgehead atoms. The molecule has 0 saturated carbocycles. The van der Waals surface area contributed by atoms with Gasteiger partial charge in [0.1, 0.15) is 0 Å². The Balaban J connectivity index is 2.54. The predicted molar refractivity (Wildman–Crippen MR) is 54.0 cm³/mol. The van der Waals surface area contributed by atoms with Crippen molar-refractivity contribution in [2.24, 2.45) is 5.73 Å². The minimum Gasteiger partial charge on any atom is -0.330 e. The lowest BCUT2D eigenvalue weighted by Crippen LogP contribution is -2.17. The number of benzene rings is 1. The summed E-state index contributed by atoms with van der Waals surface area (Å²) in [6, 6.07) is 4.31. The minimum atomic E-state index is -4.27. The molecule has 0 spiro atoms. The topological polar surface area (TPSA) is 26.0 Å². The van der Waals surface area contributed by atoms with Crippen molar-refractivity contribution in [2.75, 3.05) is 12.3 Å². The molecule has 15 heavy (non-hydrogen) atoms. The molecular weight excluding hydrogens is 223 g/mol. The van der Waals surface area contributed by atoms with Crippen molar-refractivity contribution < 1.29 is 13.2 Å². The molecule has 0 amide bonds. The van der Waals surface area contributed by atoms with Gasteiger partial charge in [-0.15, -0.1) is 11.8 Å². The fraction of sp³-hybridized carbons (Fsp3) is 0.400. The van der Waals surface area contributed by atoms with Crippen LogP contribution in [0.25, 0.3) is 0 Å². The van der Waals surface area contributed by atoms with E-state index in [1.54, 1.807) is 6.07 Å². The van der Waals surface area contributed by atoms with Gasteiger partial charge in [-0.1, -0.05) is 6.07 Å². The molecular formula is C10H10F3NS. The molecule has 2 rings (SSSR count). The average molecular weight is 233 g/mol. The maximum atomic E-state index is 12.7. The van der Waals surface area contributed by atoms with E-state index in [0.29, 0.717) is 11.3 Å². The van der Waals surface area contributed by atoms with Crippen LogP contribution in [0.5, 0.6) is 0 Å². The van der Waals surface area contributed by atoms with Crippen LogP contribution in [0.2, 0.25) is 0 Å². The van der Waals surface area contributed by atoms with Crippen LogP contribution in [0.3, 0.4) is 0 Å². The third-order valence-corrected chi connectivity index (χ3v) is 3.74. The summed E-state index contributed by atoms with van der Waals surface area (Å²) in [6.45, 7) is 0.271. The highest BCUT2D eigenvalue weighted by Crippen LogP contribution is 2.45. The summed E-state index contributed by atoms with van der Waals surface area (Å²) < 4.78 is 38.1. The van der Waals surface area contributed by atoms with E-state index in [0.717, 1.165) is 11.0 Å². The lowest BCUT2D eigenvalue weighted by molar-refractivity contribution is -0.138. The molecule has 0 aliphatic carbocycles. The average Bonchev–Trinajstić information content (AvgIpc) is 2.58. The zero-order chi connectivity index (χ0) is 11.1. The number of halogens is 3. The normalized spacial score (nSPS) is 20.4. The van der Waals surface area contributed by atoms with Gasteiger partial charge in [0.2, 0.25) is 0 Å². The van der Waals surface area contributed by atoms with Gasteiger partial charge >= 0.3 is 6.18 Å². The van der Waals surface area contributed by atoms with Crippen molar-refractivity contribution in [3.05, 3.63) is 29.3 Å². The lowest BCUT2D eigenvalue weighted by atomic mass is 9.95. The van der Waals surface area contributed by atoms with Gasteiger partial charge in [-0.25, -0.2) is 0 Å². The Labute approximate surface area is 89.8 Å². The number of hydrogen-bond acceptors (Lipinski definition) is 2. The van der Waals surface area contributed by atoms with Crippen molar-refractivity contribution >= 4 is 11.8 Å². The molecule has 1 aliphatic rings. The number of nitrogens with two attached hydrogens (primary N) is 1. The molecule has 1 aliphatic heterocycles. The monoisotopic (exact) mass is 233 g/mol. The summed E-state index contributed by atoms with van der Waals surface area (Å²) in [5.74, 6) is 0.488. The van der Waals surface area contributed by atoms with Gasteiger partial charge in [-0.05, 0) is 17.7 Å². The van der Waals surface area contributed by atoms with E-state index in [2.05, 4.69) is 0 Å². The Bertz CT molecular complexity index is 375. The number of hydrogen-bond donors (Lipinski definition) is 1. The third-order valence-electron chi connectivity index (χ3n) is 2.50. The maximum absolute atomic E-state index is 12.7. The molecule has 1 unspecified atom stereocenters. The van der Waals surface area contributed by atoms with Gasteiger partial charge < -0.3 is 5.73 Å². The standard InChI is InChI=1S/C10H10F3NS/c11-10(12,13)7-2-1-3-8-9(7)6(4-14)5-15-8/h1-3,6H,4-5,14H2. The van der Waals surface area contributed by atoms with Gasteiger partial charge in [-0.3, -0.25) is 0 Å². The third kappa shape index (κ3) is 1.86. The van der Waals surface area contributed by atoms with Crippen molar-refractivity contribution in [3.63, 3.8) is 0 Å². The molecule has 82 valence electrons. The fourth-order valence-electron chi connectivity index (χ4n) is 1.80. The second kappa shape index (κ2) is 3.72. The van der Waals surface area contributed by atoms with E-state index in [9.17, 15) is 13.2 Å². The summed E-state index contributed by atoms with van der Waals surface area (Å²) in [7, 11) is 0. The SMILES string of the molecule is NCC1CSc2cccc(C(F)(F)F)c21. The van der Waals surface area contributed by atoms with E-state index in [1.807, 2.05) is 0 Å². The number of alkyl halides is 3. The molecule has 1 atom stereocenters. The number of fused-ring (bicyclic) bond motifs is 1. The summed E-state index contributed by atoms with van der Waals surface area (Å²) in [6.07, 6.45) is -4.27. The van der Waals surface area contributed by atoms with Gasteiger partial charge in [-0.2, -0.15) is 13.2 Å². The molecule has 1 heterocycles. The second-order valence-corrected chi connectivity index (χ2v) is 4.52. The quantitative estimate of drug-likeness (QED) is 0.807. The first kappa shape index (κ1) is 10.8. The smallest absolute Gasteiger partial charge is 0.330 e. The Morgan fingerprint density at radius 1 is 1.40 bits per heavy atom. The molecule has 0 radical (unpaired) electrons.